The van der Waals surface area contributed by atoms with E-state index in [9.17, 15) is 28.9 Å². The molecule has 0 aromatic heterocycles. The summed E-state index contributed by atoms with van der Waals surface area (Å²) in [5.41, 5.74) is 0. The minimum Gasteiger partial charge on any atom is -0.462 e. The first-order chi connectivity index (χ1) is 41.2. The van der Waals surface area contributed by atoms with Crippen LogP contribution in [0.3, 0.4) is 0 Å². The van der Waals surface area contributed by atoms with Gasteiger partial charge < -0.3 is 24.2 Å². The van der Waals surface area contributed by atoms with Crippen LogP contribution < -0.4 is 0 Å². The Labute approximate surface area is 512 Å². The lowest BCUT2D eigenvalue weighted by Crippen LogP contribution is -2.30. The van der Waals surface area contributed by atoms with Crippen molar-refractivity contribution in [2.45, 2.75) is 277 Å². The number of hydrogen-bond donors (Lipinski definition) is 2. The van der Waals surface area contributed by atoms with Crippen molar-refractivity contribution in [2.75, 3.05) is 26.4 Å². The highest BCUT2D eigenvalue weighted by atomic mass is 31.2. The molecule has 3 atom stereocenters. The van der Waals surface area contributed by atoms with Crippen molar-refractivity contribution in [3.63, 3.8) is 0 Å². The van der Waals surface area contributed by atoms with Gasteiger partial charge in [0.2, 0.25) is 0 Å². The third kappa shape index (κ3) is 62.2. The van der Waals surface area contributed by atoms with Gasteiger partial charge in [-0.2, -0.15) is 0 Å². The van der Waals surface area contributed by atoms with Crippen LogP contribution in [0.4, 0.5) is 0 Å². The van der Waals surface area contributed by atoms with Crippen LogP contribution in [0.5, 0.6) is 0 Å². The minimum atomic E-state index is -4.79. The molecule has 12 heteroatoms. The molecule has 0 radical (unpaired) electrons. The summed E-state index contributed by atoms with van der Waals surface area (Å²) in [5.74, 6) is -1.59. The fraction of sp³-hybridized carbons (Fsp3) is 0.653. The number of carbonyl (C=O) groups is 3. The Morgan fingerprint density at radius 3 is 1.04 bits per heavy atom. The van der Waals surface area contributed by atoms with Crippen molar-refractivity contribution >= 4 is 25.7 Å². The Hall–Kier alpha value is -4.38. The SMILES string of the molecule is CC/C=C\C/C=C\C/C=C\C/C=C\C/C=C\C/C=C\CCC(=O)OC(COC(=O)CCCCCCCCCCC/C=C\CCCCCCCC)COP(=O)(O)OCC(CO)OC(=O)CCCCCCCC/C=C\C/C=C\C/C=C\C/C=C\CC. The third-order valence-electron chi connectivity index (χ3n) is 13.6. The molecule has 84 heavy (non-hydrogen) atoms. The summed E-state index contributed by atoms with van der Waals surface area (Å²) in [7, 11) is -4.79. The lowest BCUT2D eigenvalue weighted by Gasteiger charge is -2.21. The maximum atomic E-state index is 13.0. The van der Waals surface area contributed by atoms with Crippen LogP contribution >= 0.6 is 7.82 Å². The van der Waals surface area contributed by atoms with Crippen LogP contribution in [0.25, 0.3) is 0 Å². The molecule has 0 aliphatic carbocycles. The Balaban J connectivity index is 4.81. The molecule has 0 fully saturated rings. The summed E-state index contributed by atoms with van der Waals surface area (Å²) in [6.45, 7) is 4.33. The molecule has 0 heterocycles. The summed E-state index contributed by atoms with van der Waals surface area (Å²) in [6, 6.07) is 0. The van der Waals surface area contributed by atoms with Gasteiger partial charge in [-0.05, 0) is 122 Å². The zero-order valence-corrected chi connectivity index (χ0v) is 54.0. The molecule has 0 aliphatic rings. The first-order valence-corrected chi connectivity index (χ1v) is 34.6. The Morgan fingerprint density at radius 1 is 0.345 bits per heavy atom. The summed E-state index contributed by atoms with van der Waals surface area (Å²) in [4.78, 5) is 48.8. The van der Waals surface area contributed by atoms with Gasteiger partial charge in [-0.15, -0.1) is 0 Å². The van der Waals surface area contributed by atoms with Gasteiger partial charge in [0.1, 0.15) is 12.7 Å². The number of phosphoric ester groups is 1. The largest absolute Gasteiger partial charge is 0.472 e. The molecule has 11 nitrogen and oxygen atoms in total. The van der Waals surface area contributed by atoms with E-state index in [2.05, 4.69) is 142 Å². The van der Waals surface area contributed by atoms with E-state index in [1.165, 1.54) is 83.5 Å². The van der Waals surface area contributed by atoms with Crippen molar-refractivity contribution in [3.05, 3.63) is 134 Å². The van der Waals surface area contributed by atoms with Gasteiger partial charge in [-0.1, -0.05) is 257 Å². The van der Waals surface area contributed by atoms with E-state index in [0.29, 0.717) is 25.7 Å². The number of unbranched alkanes of at least 4 members (excludes halogenated alkanes) is 21. The zero-order valence-electron chi connectivity index (χ0n) is 53.1. The van der Waals surface area contributed by atoms with E-state index in [-0.39, 0.29) is 25.9 Å². The molecule has 0 saturated heterocycles. The lowest BCUT2D eigenvalue weighted by molar-refractivity contribution is -0.161. The molecular formula is C72H119O11P. The number of hydrogen-bond acceptors (Lipinski definition) is 10. The molecule has 0 amide bonds. The molecule has 0 bridgehead atoms. The van der Waals surface area contributed by atoms with Gasteiger partial charge in [0.05, 0.1) is 19.8 Å². The number of aliphatic hydroxyl groups is 1. The van der Waals surface area contributed by atoms with E-state index in [0.717, 1.165) is 116 Å². The fourth-order valence-electron chi connectivity index (χ4n) is 8.60. The van der Waals surface area contributed by atoms with E-state index < -0.39 is 57.8 Å². The van der Waals surface area contributed by atoms with E-state index in [4.69, 9.17) is 23.3 Å². The van der Waals surface area contributed by atoms with E-state index in [1.54, 1.807) is 0 Å². The van der Waals surface area contributed by atoms with Crippen LogP contribution in [0.2, 0.25) is 0 Å². The summed E-state index contributed by atoms with van der Waals surface area (Å²) in [5, 5.41) is 9.87. The molecule has 0 spiro atoms. The van der Waals surface area contributed by atoms with Gasteiger partial charge >= 0.3 is 25.7 Å². The number of allylic oxidation sites excluding steroid dienone is 22. The van der Waals surface area contributed by atoms with E-state index >= 15 is 0 Å². The average molecular weight is 1190 g/mol. The topological polar surface area (TPSA) is 155 Å². The van der Waals surface area contributed by atoms with Gasteiger partial charge in [0, 0.05) is 19.3 Å². The number of carbonyl (C=O) groups excluding carboxylic acids is 3. The number of aliphatic hydroxyl groups excluding tert-OH is 1. The van der Waals surface area contributed by atoms with Crippen molar-refractivity contribution in [3.8, 4) is 0 Å². The van der Waals surface area contributed by atoms with Gasteiger partial charge in [0.25, 0.3) is 0 Å². The number of ether oxygens (including phenoxy) is 3. The van der Waals surface area contributed by atoms with Crippen LogP contribution in [0.15, 0.2) is 134 Å². The van der Waals surface area contributed by atoms with Gasteiger partial charge in [-0.25, -0.2) is 4.57 Å². The quantitative estimate of drug-likeness (QED) is 0.0197. The Bertz CT molecular complexity index is 1920. The zero-order chi connectivity index (χ0) is 61.2. The molecule has 478 valence electrons. The lowest BCUT2D eigenvalue weighted by atomic mass is 10.1. The smallest absolute Gasteiger partial charge is 0.462 e. The summed E-state index contributed by atoms with van der Waals surface area (Å²) >= 11 is 0. The van der Waals surface area contributed by atoms with Crippen LogP contribution in [0.1, 0.15) is 265 Å². The number of esters is 3. The van der Waals surface area contributed by atoms with E-state index in [1.807, 2.05) is 12.2 Å². The average Bonchev–Trinajstić information content (AvgIpc) is 3.53. The monoisotopic (exact) mass is 1190 g/mol. The molecule has 0 rings (SSSR count). The highest BCUT2D eigenvalue weighted by Crippen LogP contribution is 2.43. The van der Waals surface area contributed by atoms with Gasteiger partial charge in [-0.3, -0.25) is 23.4 Å². The van der Waals surface area contributed by atoms with Crippen molar-refractivity contribution < 1.29 is 52.2 Å². The molecule has 0 saturated carbocycles. The highest BCUT2D eigenvalue weighted by Gasteiger charge is 2.28. The Morgan fingerprint density at radius 2 is 0.643 bits per heavy atom. The highest BCUT2D eigenvalue weighted by molar-refractivity contribution is 7.47. The second-order valence-electron chi connectivity index (χ2n) is 21.5. The summed E-state index contributed by atoms with van der Waals surface area (Å²) in [6.07, 6.45) is 82.7. The first-order valence-electron chi connectivity index (χ1n) is 33.1. The number of rotatable bonds is 60. The standard InChI is InChI=1S/C72H119O11P/c1-4-7-10-13-16-19-22-25-28-31-34-37-40-43-46-49-52-55-58-61-70(74)79-65-69(83-72(76)63-60-57-54-51-48-45-42-39-36-33-30-27-24-21-18-15-12-9-6-3)67-81-84(77,78)80-66-68(64-73)82-71(75)62-59-56-53-50-47-44-41-38-35-32-29-26-23-20-17-14-11-8-5-2/h8-9,11-12,17-18,20-21,25-30,35-36,38-39,45,48,54,57,68-69,73H,4-7,10,13-16,19,22-24,31-34,37,40-44,46-47,49-53,55-56,58-67H2,1-3H3,(H,77,78)/b11-8-,12-9-,20-17-,21-18-,28-25-,29-26-,30-27-,38-35-,39-36-,48-45-,57-54-. The predicted octanol–water partition coefficient (Wildman–Crippen LogP) is 20.5. The van der Waals surface area contributed by atoms with Crippen molar-refractivity contribution in [1.82, 2.24) is 0 Å². The van der Waals surface area contributed by atoms with Crippen LogP contribution in [0, 0.1) is 0 Å². The second-order valence-corrected chi connectivity index (χ2v) is 23.0. The van der Waals surface area contributed by atoms with Crippen LogP contribution in [-0.2, 0) is 42.2 Å². The first kappa shape index (κ1) is 79.6. The normalized spacial score (nSPS) is 14.1. The van der Waals surface area contributed by atoms with Crippen molar-refractivity contribution in [2.24, 2.45) is 0 Å². The molecule has 0 aliphatic heterocycles. The molecule has 0 aromatic carbocycles. The molecule has 3 unspecified atom stereocenters. The minimum absolute atomic E-state index is 0.0351. The van der Waals surface area contributed by atoms with Crippen LogP contribution in [-0.4, -0.2) is 66.5 Å². The van der Waals surface area contributed by atoms with Crippen molar-refractivity contribution in [1.29, 1.82) is 0 Å². The number of phosphoric acid groups is 1. The predicted molar refractivity (Wildman–Crippen MR) is 353 cm³/mol. The Kier molecular flexibility index (Phi) is 61.2. The second kappa shape index (κ2) is 64.6. The summed E-state index contributed by atoms with van der Waals surface area (Å²) < 4.78 is 39.6. The fourth-order valence-corrected chi connectivity index (χ4v) is 9.39. The molecule has 0 aromatic rings. The third-order valence-corrected chi connectivity index (χ3v) is 14.5. The maximum Gasteiger partial charge on any atom is 0.472 e. The molecule has 2 N–H and O–H groups in total. The maximum absolute atomic E-state index is 13.0. The van der Waals surface area contributed by atoms with Gasteiger partial charge in [0.15, 0.2) is 6.10 Å². The molecular weight excluding hydrogens is 1070 g/mol.